The number of thiophene rings is 1. The van der Waals surface area contributed by atoms with Gasteiger partial charge in [-0.1, -0.05) is 0 Å². The number of thioether (sulfide) groups is 1. The van der Waals surface area contributed by atoms with Crippen molar-refractivity contribution in [3.63, 3.8) is 0 Å². The fraction of sp³-hybridized carbons (Fsp3) is 0.409. The maximum absolute atomic E-state index is 2.48. The maximum Gasteiger partial charge on any atom is -0.147 e. The second-order valence-corrected chi connectivity index (χ2v) is 14.7. The predicted molar refractivity (Wildman–Crippen MR) is 126 cm³/mol. The molecule has 0 amide bonds. The fourth-order valence-corrected chi connectivity index (χ4v) is 10.5. The van der Waals surface area contributed by atoms with Gasteiger partial charge in [-0.25, -0.2) is 0 Å². The molecule has 2 heterocycles. The van der Waals surface area contributed by atoms with Crippen molar-refractivity contribution in [1.82, 2.24) is 0 Å². The molecule has 3 aliphatic rings. The zero-order valence-corrected chi connectivity index (χ0v) is 22.5. The fourth-order valence-electron chi connectivity index (χ4n) is 4.04. The van der Waals surface area contributed by atoms with Crippen LogP contribution in [0.3, 0.4) is 0 Å². The van der Waals surface area contributed by atoms with Crippen LogP contribution in [0.4, 0.5) is 0 Å². The van der Waals surface area contributed by atoms with Gasteiger partial charge in [-0.15, -0.1) is 24.8 Å². The van der Waals surface area contributed by atoms with E-state index in [1.54, 1.807) is 34.6 Å². The minimum atomic E-state index is -0.587. The average Bonchev–Trinajstić information content (AvgIpc) is 3.23. The Morgan fingerprint density at radius 1 is 1.19 bits per heavy atom. The molecular weight excluding hydrogens is 491 g/mol. The average molecular weight is 518 g/mol. The van der Waals surface area contributed by atoms with Gasteiger partial charge in [0.15, 0.2) is 0 Å². The van der Waals surface area contributed by atoms with Gasteiger partial charge in [0.1, 0.15) is 0 Å². The van der Waals surface area contributed by atoms with E-state index in [1.165, 1.54) is 10.5 Å². The molecule has 1 aromatic heterocycles. The third-order valence-corrected chi connectivity index (χ3v) is 11.6. The molecule has 1 aromatic rings. The van der Waals surface area contributed by atoms with Gasteiger partial charge in [0, 0.05) is 0 Å². The van der Waals surface area contributed by atoms with Crippen LogP contribution in [0.25, 0.3) is 8.85 Å². The summed E-state index contributed by atoms with van der Waals surface area (Å²) < 4.78 is 5.15. The Bertz CT molecular complexity index is 1020. The Labute approximate surface area is 194 Å². The Morgan fingerprint density at radius 3 is 2.48 bits per heavy atom. The van der Waals surface area contributed by atoms with Crippen LogP contribution in [-0.4, -0.2) is 8.46 Å². The summed E-state index contributed by atoms with van der Waals surface area (Å²) in [5.41, 5.74) is 6.32. The molecule has 0 aromatic carbocycles. The Kier molecular flexibility index (Phi) is 7.88. The largest absolute Gasteiger partial charge is 0.147 e. The molecule has 0 saturated carbocycles. The van der Waals surface area contributed by atoms with E-state index >= 15 is 0 Å². The maximum atomic E-state index is 2.48. The van der Waals surface area contributed by atoms with E-state index < -0.39 is 22.8 Å². The van der Waals surface area contributed by atoms with Crippen molar-refractivity contribution in [2.24, 2.45) is 5.92 Å². The Balaban J connectivity index is 0.00000131. The summed E-state index contributed by atoms with van der Waals surface area (Å²) in [6.07, 6.45) is 6.04. The molecular formula is C22H27Cl2S2Zr. The van der Waals surface area contributed by atoms with Crippen LogP contribution in [0.5, 0.6) is 0 Å². The summed E-state index contributed by atoms with van der Waals surface area (Å²) in [5.74, 6) is 0.629. The molecule has 2 aliphatic carbocycles. The number of fused-ring (bicyclic) bond motifs is 2. The van der Waals surface area contributed by atoms with Crippen LogP contribution in [0.2, 0.25) is 0 Å². The molecule has 1 aliphatic heterocycles. The Hall–Kier alpha value is 0.343. The molecule has 0 saturated heterocycles. The van der Waals surface area contributed by atoms with Gasteiger partial charge in [-0.3, -0.25) is 0 Å². The van der Waals surface area contributed by atoms with Crippen LogP contribution in [0, 0.1) is 12.8 Å². The molecule has 1 unspecified atom stereocenters. The minimum absolute atomic E-state index is 0. The first-order valence-electron chi connectivity index (χ1n) is 9.07. The first-order chi connectivity index (χ1) is 11.9. The molecule has 145 valence electrons. The van der Waals surface area contributed by atoms with Crippen LogP contribution in [0.15, 0.2) is 39.8 Å². The van der Waals surface area contributed by atoms with E-state index in [0.717, 1.165) is 6.42 Å². The third-order valence-electron chi connectivity index (χ3n) is 5.10. The normalized spacial score (nSPS) is 20.0. The second kappa shape index (κ2) is 9.01. The number of allylic oxidation sites excluding steroid dienone is 6. The first-order valence-corrected chi connectivity index (χ1v) is 13.2. The summed E-state index contributed by atoms with van der Waals surface area (Å²) in [6, 6.07) is 2.46. The summed E-state index contributed by atoms with van der Waals surface area (Å²) in [5, 5.41) is 2.20. The van der Waals surface area contributed by atoms with E-state index in [4.69, 9.17) is 0 Å². The Morgan fingerprint density at radius 2 is 1.89 bits per heavy atom. The monoisotopic (exact) mass is 515 g/mol. The molecule has 27 heavy (non-hydrogen) atoms. The van der Waals surface area contributed by atoms with E-state index in [0.29, 0.717) is 11.2 Å². The van der Waals surface area contributed by atoms with Crippen LogP contribution < -0.4 is 9.75 Å². The van der Waals surface area contributed by atoms with Crippen molar-refractivity contribution >= 4 is 60.0 Å². The van der Waals surface area contributed by atoms with Gasteiger partial charge < -0.3 is 0 Å². The minimum Gasteiger partial charge on any atom is -0.147 e. The van der Waals surface area contributed by atoms with Crippen LogP contribution >= 0.6 is 47.9 Å². The summed E-state index contributed by atoms with van der Waals surface area (Å²) in [7, 11) is 0. The van der Waals surface area contributed by atoms with Crippen LogP contribution in [-0.2, 0) is 22.8 Å². The second-order valence-electron chi connectivity index (χ2n) is 7.71. The van der Waals surface area contributed by atoms with Gasteiger partial charge in [0.2, 0.25) is 0 Å². The van der Waals surface area contributed by atoms with Crippen molar-refractivity contribution < 1.29 is 22.8 Å². The third kappa shape index (κ3) is 4.15. The molecule has 1 atom stereocenters. The van der Waals surface area contributed by atoms with E-state index in [2.05, 4.69) is 71.5 Å². The molecule has 0 N–H and O–H groups in total. The molecule has 0 spiro atoms. The SMILES string of the molecule is C[C](C)=[Zr][C]1=c2sc(C)cc2=C2C(C3=CC(C(C)C)=CC3)=C(C)SC21.Cl.Cl. The quantitative estimate of drug-likeness (QED) is 0.491. The van der Waals surface area contributed by atoms with E-state index in [1.807, 2.05) is 14.6 Å². The van der Waals surface area contributed by atoms with Gasteiger partial charge in [-0.2, -0.15) is 0 Å². The zero-order valence-electron chi connectivity index (χ0n) is 16.7. The van der Waals surface area contributed by atoms with Gasteiger partial charge >= 0.3 is 172 Å². The van der Waals surface area contributed by atoms with Crippen molar-refractivity contribution in [3.05, 3.63) is 54.5 Å². The first kappa shape index (κ1) is 23.6. The van der Waals surface area contributed by atoms with Crippen LogP contribution in [0.1, 0.15) is 45.9 Å². The number of rotatable bonds is 3. The summed E-state index contributed by atoms with van der Waals surface area (Å²) in [6.45, 7) is 13.9. The molecule has 0 fully saturated rings. The van der Waals surface area contributed by atoms with Crippen molar-refractivity contribution in [1.29, 1.82) is 0 Å². The molecule has 4 rings (SSSR count). The van der Waals surface area contributed by atoms with Crippen molar-refractivity contribution in [3.8, 4) is 0 Å². The molecule has 0 nitrogen and oxygen atoms in total. The standard InChI is InChI=1S/C19H19S2.C3H6.2ClH.Zr/c1-10(2)13-5-6-14(8-13)18-12(4)21-17-9-16-15(19(17)18)7-11(3)20-16;1-3-2;;;/h5,7-8,10,17H,6H2,1-4H3;1-2H3;2*1H;. The van der Waals surface area contributed by atoms with Gasteiger partial charge in [-0.05, 0) is 0 Å². The smallest absolute Gasteiger partial charge is 0.147 e. The number of hydrogen-bond donors (Lipinski definition) is 0. The van der Waals surface area contributed by atoms with Crippen molar-refractivity contribution in [2.45, 2.75) is 53.2 Å². The molecule has 0 radical (unpaired) electrons. The summed E-state index contributed by atoms with van der Waals surface area (Å²) >= 11 is 3.59. The van der Waals surface area contributed by atoms with E-state index in [9.17, 15) is 0 Å². The number of halogens is 2. The zero-order chi connectivity index (χ0) is 17.9. The van der Waals surface area contributed by atoms with E-state index in [-0.39, 0.29) is 24.8 Å². The predicted octanol–water partition coefficient (Wildman–Crippen LogP) is 5.77. The van der Waals surface area contributed by atoms with Gasteiger partial charge in [0.05, 0.1) is 0 Å². The molecule has 5 heteroatoms. The number of aryl methyl sites for hydroxylation is 1. The van der Waals surface area contributed by atoms with Crippen molar-refractivity contribution in [2.75, 3.05) is 0 Å². The topological polar surface area (TPSA) is 0 Å². The molecule has 0 bridgehead atoms. The van der Waals surface area contributed by atoms with Gasteiger partial charge in [0.25, 0.3) is 0 Å². The number of hydrogen-bond acceptors (Lipinski definition) is 2. The summed E-state index contributed by atoms with van der Waals surface area (Å²) in [4.78, 5) is 3.02.